The van der Waals surface area contributed by atoms with E-state index in [2.05, 4.69) is 0 Å². The van der Waals surface area contributed by atoms with E-state index < -0.39 is 23.7 Å². The van der Waals surface area contributed by atoms with Crippen molar-refractivity contribution in [2.45, 2.75) is 39.2 Å². The Labute approximate surface area is 218 Å². The maximum Gasteiger partial charge on any atom is 0.238 e. The fourth-order valence-corrected chi connectivity index (χ4v) is 6.49. The first-order valence-electron chi connectivity index (χ1n) is 12.2. The number of benzene rings is 1. The molecule has 188 valence electrons. The van der Waals surface area contributed by atoms with Crippen LogP contribution in [0.5, 0.6) is 0 Å². The number of rotatable bonds is 3. The molecule has 1 aromatic heterocycles. The third-order valence-electron chi connectivity index (χ3n) is 8.10. The summed E-state index contributed by atoms with van der Waals surface area (Å²) in [6.45, 7) is 3.15. The van der Waals surface area contributed by atoms with Crippen molar-refractivity contribution in [3.05, 3.63) is 86.9 Å². The Morgan fingerprint density at radius 2 is 1.84 bits per heavy atom. The van der Waals surface area contributed by atoms with Gasteiger partial charge in [0.2, 0.25) is 11.8 Å². The Hall–Kier alpha value is -3.55. The number of aliphatic hydroxyl groups excluding tert-OH is 1. The maximum atomic E-state index is 13.9. The highest BCUT2D eigenvalue weighted by Gasteiger charge is 2.57. The molecule has 37 heavy (non-hydrogen) atoms. The van der Waals surface area contributed by atoms with E-state index in [1.165, 1.54) is 11.0 Å². The minimum atomic E-state index is -0.675. The van der Waals surface area contributed by atoms with Crippen LogP contribution in [0, 0.1) is 24.7 Å². The number of hydrogen-bond acceptors (Lipinski definition) is 6. The van der Waals surface area contributed by atoms with E-state index in [9.17, 15) is 24.3 Å². The van der Waals surface area contributed by atoms with E-state index in [0.29, 0.717) is 45.4 Å². The lowest BCUT2D eigenvalue weighted by Gasteiger charge is -2.41. The number of anilines is 1. The zero-order chi connectivity index (χ0) is 26.2. The minimum Gasteiger partial charge on any atom is -0.463 e. The van der Waals surface area contributed by atoms with Crippen molar-refractivity contribution in [3.63, 3.8) is 0 Å². The molecule has 1 aliphatic heterocycles. The lowest BCUT2D eigenvalue weighted by Crippen LogP contribution is -2.39. The predicted octanol–water partition coefficient (Wildman–Crippen LogP) is 4.37. The zero-order valence-corrected chi connectivity index (χ0v) is 21.0. The Balaban J connectivity index is 1.47. The first kappa shape index (κ1) is 23.8. The van der Waals surface area contributed by atoms with Crippen molar-refractivity contribution >= 4 is 40.7 Å². The fraction of sp³-hybridized carbons (Fsp3) is 0.310. The number of furan rings is 1. The number of imide groups is 1. The molecule has 2 aromatic rings. The lowest BCUT2D eigenvalue weighted by molar-refractivity contribution is -0.123. The lowest BCUT2D eigenvalue weighted by atomic mass is 9.60. The Morgan fingerprint density at radius 1 is 1.05 bits per heavy atom. The summed E-state index contributed by atoms with van der Waals surface area (Å²) in [6, 6.07) is 8.44. The number of allylic oxidation sites excluding steroid dienone is 6. The van der Waals surface area contributed by atoms with E-state index in [1.807, 2.05) is 13.0 Å². The predicted molar refractivity (Wildman–Crippen MR) is 135 cm³/mol. The van der Waals surface area contributed by atoms with Crippen LogP contribution < -0.4 is 4.90 Å². The molecule has 0 spiro atoms. The zero-order valence-electron chi connectivity index (χ0n) is 20.3. The van der Waals surface area contributed by atoms with Crippen LogP contribution >= 0.6 is 11.6 Å². The van der Waals surface area contributed by atoms with Gasteiger partial charge in [0, 0.05) is 21.7 Å². The second-order valence-corrected chi connectivity index (χ2v) is 10.5. The first-order chi connectivity index (χ1) is 17.7. The molecule has 3 aliphatic carbocycles. The highest BCUT2D eigenvalue weighted by atomic mass is 35.5. The molecule has 1 fully saturated rings. The van der Waals surface area contributed by atoms with Gasteiger partial charge in [-0.3, -0.25) is 19.2 Å². The van der Waals surface area contributed by atoms with Crippen molar-refractivity contribution in [2.75, 3.05) is 4.90 Å². The quantitative estimate of drug-likeness (QED) is 0.368. The molecule has 4 atom stereocenters. The molecule has 1 aromatic carbocycles. The van der Waals surface area contributed by atoms with Crippen LogP contribution in [0.4, 0.5) is 5.69 Å². The molecular weight excluding hydrogens is 494 g/mol. The number of carbonyl (C=O) groups excluding carboxylic acids is 4. The standard InChI is InChI=1S/C29H24ClNO6/c1-13-3-4-15(10-21(13)30)31-28(35)18-7-6-17-19(24(18)29(31)36)11-20-25(22(33)9-14(2)27(20)34)26(17)23-8-5-16(12-32)37-23/h3-6,8-10,18-19,24,26,32H,7,11-12H2,1-2H3. The van der Waals surface area contributed by atoms with E-state index in [1.54, 1.807) is 37.3 Å². The van der Waals surface area contributed by atoms with Gasteiger partial charge >= 0.3 is 0 Å². The molecule has 4 unspecified atom stereocenters. The monoisotopic (exact) mass is 517 g/mol. The fourth-order valence-electron chi connectivity index (χ4n) is 6.32. The summed E-state index contributed by atoms with van der Waals surface area (Å²) in [6.07, 6.45) is 3.81. The Kier molecular flexibility index (Phi) is 5.47. The van der Waals surface area contributed by atoms with Crippen molar-refractivity contribution in [1.29, 1.82) is 0 Å². The van der Waals surface area contributed by atoms with Gasteiger partial charge in [-0.2, -0.15) is 0 Å². The van der Waals surface area contributed by atoms with Crippen LogP contribution in [0.2, 0.25) is 5.02 Å². The number of aryl methyl sites for hydroxylation is 1. The highest BCUT2D eigenvalue weighted by molar-refractivity contribution is 6.32. The number of Topliss-reactive ketones (excluding diaryl/α,β-unsaturated/α-hetero) is 1. The normalized spacial score (nSPS) is 27.2. The molecule has 7 nitrogen and oxygen atoms in total. The average molecular weight is 518 g/mol. The van der Waals surface area contributed by atoms with E-state index in [4.69, 9.17) is 16.0 Å². The third kappa shape index (κ3) is 3.45. The summed E-state index contributed by atoms with van der Waals surface area (Å²) in [4.78, 5) is 55.1. The molecule has 2 heterocycles. The number of ketones is 2. The number of aliphatic hydroxyl groups is 1. The van der Waals surface area contributed by atoms with Crippen LogP contribution in [0.3, 0.4) is 0 Å². The van der Waals surface area contributed by atoms with Crippen LogP contribution in [-0.2, 0) is 25.8 Å². The average Bonchev–Trinajstić information content (AvgIpc) is 3.45. The van der Waals surface area contributed by atoms with Gasteiger partial charge in [-0.1, -0.05) is 29.3 Å². The second-order valence-electron chi connectivity index (χ2n) is 10.1. The molecular formula is C29H24ClNO6. The van der Waals surface area contributed by atoms with Gasteiger partial charge in [-0.05, 0) is 68.5 Å². The smallest absolute Gasteiger partial charge is 0.238 e. The Bertz CT molecular complexity index is 1510. The Morgan fingerprint density at radius 3 is 2.54 bits per heavy atom. The summed E-state index contributed by atoms with van der Waals surface area (Å²) in [7, 11) is 0. The summed E-state index contributed by atoms with van der Waals surface area (Å²) < 4.78 is 5.87. The van der Waals surface area contributed by atoms with Crippen LogP contribution in [0.1, 0.15) is 42.8 Å². The van der Waals surface area contributed by atoms with Gasteiger partial charge in [-0.25, -0.2) is 4.90 Å². The minimum absolute atomic E-state index is 0.198. The molecule has 8 heteroatoms. The van der Waals surface area contributed by atoms with Crippen molar-refractivity contribution in [3.8, 4) is 0 Å². The van der Waals surface area contributed by atoms with E-state index in [0.717, 1.165) is 11.1 Å². The van der Waals surface area contributed by atoms with Gasteiger partial charge in [0.25, 0.3) is 0 Å². The van der Waals surface area contributed by atoms with Crippen LogP contribution in [-0.4, -0.2) is 28.5 Å². The van der Waals surface area contributed by atoms with Crippen molar-refractivity contribution in [1.82, 2.24) is 0 Å². The number of fused-ring (bicyclic) bond motifs is 3. The third-order valence-corrected chi connectivity index (χ3v) is 8.51. The second kappa shape index (κ2) is 8.50. The maximum absolute atomic E-state index is 13.9. The molecule has 1 saturated heterocycles. The summed E-state index contributed by atoms with van der Waals surface area (Å²) in [5.41, 5.74) is 3.15. The largest absolute Gasteiger partial charge is 0.463 e. The molecule has 2 amide bonds. The molecule has 4 aliphatic rings. The number of halogens is 1. The van der Waals surface area contributed by atoms with E-state index in [-0.39, 0.29) is 36.4 Å². The summed E-state index contributed by atoms with van der Waals surface area (Å²) in [5.74, 6) is -2.70. The van der Waals surface area contributed by atoms with Gasteiger partial charge in [0.05, 0.1) is 23.4 Å². The summed E-state index contributed by atoms with van der Waals surface area (Å²) >= 11 is 6.30. The number of amides is 2. The molecule has 0 radical (unpaired) electrons. The number of nitrogens with zero attached hydrogens (tertiary/aromatic N) is 1. The van der Waals surface area contributed by atoms with Gasteiger partial charge in [0.15, 0.2) is 11.6 Å². The molecule has 0 bridgehead atoms. The van der Waals surface area contributed by atoms with Crippen LogP contribution in [0.15, 0.2) is 69.2 Å². The topological polar surface area (TPSA) is 105 Å². The number of hydrogen-bond donors (Lipinski definition) is 1. The van der Waals surface area contributed by atoms with Crippen LogP contribution in [0.25, 0.3) is 0 Å². The first-order valence-corrected chi connectivity index (χ1v) is 12.6. The molecule has 0 saturated carbocycles. The van der Waals surface area contributed by atoms with Gasteiger partial charge in [-0.15, -0.1) is 0 Å². The molecule has 1 N–H and O–H groups in total. The van der Waals surface area contributed by atoms with Crippen molar-refractivity contribution in [2.24, 2.45) is 17.8 Å². The van der Waals surface area contributed by atoms with Crippen molar-refractivity contribution < 1.29 is 28.7 Å². The van der Waals surface area contributed by atoms with Gasteiger partial charge < -0.3 is 9.52 Å². The molecule has 6 rings (SSSR count). The van der Waals surface area contributed by atoms with Gasteiger partial charge in [0.1, 0.15) is 18.1 Å². The summed E-state index contributed by atoms with van der Waals surface area (Å²) in [5, 5.41) is 10.0. The highest BCUT2D eigenvalue weighted by Crippen LogP contribution is 2.55. The number of carbonyl (C=O) groups is 4. The van der Waals surface area contributed by atoms with E-state index >= 15 is 0 Å². The SMILES string of the molecule is CC1=CC(=O)C2=C(CC3C(=CCC4C(=O)N(c5ccc(C)c(Cl)c5)C(=O)C43)C2c2ccc(CO)o2)C1=O.